The lowest BCUT2D eigenvalue weighted by Gasteiger charge is -2.20. The van der Waals surface area contributed by atoms with Crippen molar-refractivity contribution in [1.29, 1.82) is 0 Å². The molecule has 5 heteroatoms. The van der Waals surface area contributed by atoms with Gasteiger partial charge in [-0.05, 0) is 55.7 Å². The average Bonchev–Trinajstić information content (AvgIpc) is 2.97. The monoisotopic (exact) mass is 366 g/mol. The van der Waals surface area contributed by atoms with Crippen LogP contribution in [-0.4, -0.2) is 36.9 Å². The average molecular weight is 366 g/mol. The normalized spacial score (nSPS) is 14.4. The van der Waals surface area contributed by atoms with Gasteiger partial charge >= 0.3 is 0 Å². The van der Waals surface area contributed by atoms with Crippen LogP contribution in [0.4, 0.5) is 5.69 Å². The van der Waals surface area contributed by atoms with Crippen molar-refractivity contribution in [2.24, 2.45) is 0 Å². The maximum Gasteiger partial charge on any atom is 0.255 e. The number of ether oxygens (including phenoxy) is 1. The van der Waals surface area contributed by atoms with Crippen LogP contribution >= 0.6 is 0 Å². The molecule has 1 aliphatic heterocycles. The highest BCUT2D eigenvalue weighted by Crippen LogP contribution is 2.26. The minimum Gasteiger partial charge on any atom is -0.495 e. The number of rotatable bonds is 4. The zero-order valence-corrected chi connectivity index (χ0v) is 16.0. The fourth-order valence-electron chi connectivity index (χ4n) is 3.36. The van der Waals surface area contributed by atoms with Crippen LogP contribution in [0.5, 0.6) is 5.75 Å². The van der Waals surface area contributed by atoms with Crippen LogP contribution in [0.1, 0.15) is 52.0 Å². The molecule has 0 unspecified atom stereocenters. The molecule has 142 valence electrons. The maximum atomic E-state index is 12.8. The first-order valence-electron chi connectivity index (χ1n) is 9.44. The largest absolute Gasteiger partial charge is 0.495 e. The van der Waals surface area contributed by atoms with Gasteiger partial charge < -0.3 is 15.0 Å². The van der Waals surface area contributed by atoms with E-state index in [9.17, 15) is 9.59 Å². The predicted octanol–water partition coefficient (Wildman–Crippen LogP) is 4.27. The molecule has 0 radical (unpaired) electrons. The van der Waals surface area contributed by atoms with Crippen LogP contribution in [-0.2, 0) is 0 Å². The van der Waals surface area contributed by atoms with E-state index in [1.807, 2.05) is 30.0 Å². The number of amides is 2. The summed E-state index contributed by atoms with van der Waals surface area (Å²) in [6.45, 7) is 3.53. The number of nitrogens with one attached hydrogen (secondary N) is 1. The third-order valence-electron chi connectivity index (χ3n) is 4.87. The number of anilines is 1. The molecule has 0 aromatic heterocycles. The number of hydrogen-bond donors (Lipinski definition) is 1. The highest BCUT2D eigenvalue weighted by atomic mass is 16.5. The number of nitrogens with zero attached hydrogens (tertiary/aromatic N) is 1. The first kappa shape index (κ1) is 19.0. The Bertz CT molecular complexity index is 824. The summed E-state index contributed by atoms with van der Waals surface area (Å²) in [7, 11) is 1.57. The Hall–Kier alpha value is -2.82. The minimum atomic E-state index is -0.260. The summed E-state index contributed by atoms with van der Waals surface area (Å²) >= 11 is 0. The molecule has 1 aliphatic rings. The van der Waals surface area contributed by atoms with Gasteiger partial charge in [0.05, 0.1) is 12.8 Å². The van der Waals surface area contributed by atoms with E-state index < -0.39 is 0 Å². The number of aryl methyl sites for hydroxylation is 1. The van der Waals surface area contributed by atoms with Gasteiger partial charge in [-0.1, -0.05) is 25.0 Å². The van der Waals surface area contributed by atoms with Gasteiger partial charge in [-0.2, -0.15) is 0 Å². The van der Waals surface area contributed by atoms with Gasteiger partial charge in [-0.15, -0.1) is 0 Å². The highest BCUT2D eigenvalue weighted by molar-refractivity contribution is 6.06. The molecule has 1 fully saturated rings. The molecule has 1 heterocycles. The molecule has 0 saturated carbocycles. The van der Waals surface area contributed by atoms with Gasteiger partial charge in [0.25, 0.3) is 11.8 Å². The summed E-state index contributed by atoms with van der Waals surface area (Å²) in [6.07, 6.45) is 4.42. The van der Waals surface area contributed by atoms with Crippen molar-refractivity contribution in [3.8, 4) is 5.75 Å². The number of carbonyl (C=O) groups excluding carboxylic acids is 2. The number of likely N-dealkylation sites (tertiary alicyclic amines) is 1. The zero-order valence-electron chi connectivity index (χ0n) is 16.0. The quantitative estimate of drug-likeness (QED) is 0.879. The first-order chi connectivity index (χ1) is 13.1. The summed E-state index contributed by atoms with van der Waals surface area (Å²) in [5, 5.41) is 2.89. The van der Waals surface area contributed by atoms with Gasteiger partial charge in [0.15, 0.2) is 0 Å². The fourth-order valence-corrected chi connectivity index (χ4v) is 3.36. The van der Waals surface area contributed by atoms with E-state index in [-0.39, 0.29) is 11.8 Å². The van der Waals surface area contributed by atoms with Crippen LogP contribution < -0.4 is 10.1 Å². The molecule has 0 bridgehead atoms. The second-order valence-electron chi connectivity index (χ2n) is 6.95. The second-order valence-corrected chi connectivity index (χ2v) is 6.95. The lowest BCUT2D eigenvalue weighted by molar-refractivity contribution is 0.0761. The Morgan fingerprint density at radius 1 is 0.963 bits per heavy atom. The topological polar surface area (TPSA) is 58.6 Å². The van der Waals surface area contributed by atoms with Crippen molar-refractivity contribution in [2.75, 3.05) is 25.5 Å². The highest BCUT2D eigenvalue weighted by Gasteiger charge is 2.19. The Morgan fingerprint density at radius 3 is 2.37 bits per heavy atom. The Labute approximate surface area is 160 Å². The summed E-state index contributed by atoms with van der Waals surface area (Å²) in [5.74, 6) is 0.342. The summed E-state index contributed by atoms with van der Waals surface area (Å²) in [5.41, 5.74) is 2.66. The number of benzene rings is 2. The van der Waals surface area contributed by atoms with Crippen LogP contribution in [0, 0.1) is 6.92 Å². The predicted molar refractivity (Wildman–Crippen MR) is 106 cm³/mol. The molecule has 0 aliphatic carbocycles. The molecular weight excluding hydrogens is 340 g/mol. The summed E-state index contributed by atoms with van der Waals surface area (Å²) < 4.78 is 5.31. The van der Waals surface area contributed by atoms with Crippen LogP contribution in [0.2, 0.25) is 0 Å². The van der Waals surface area contributed by atoms with Crippen LogP contribution in [0.3, 0.4) is 0 Å². The zero-order chi connectivity index (χ0) is 19.2. The third kappa shape index (κ3) is 4.67. The van der Waals surface area contributed by atoms with Crippen molar-refractivity contribution < 1.29 is 14.3 Å². The smallest absolute Gasteiger partial charge is 0.255 e. The summed E-state index contributed by atoms with van der Waals surface area (Å²) in [6, 6.07) is 12.5. The van der Waals surface area contributed by atoms with Gasteiger partial charge in [0, 0.05) is 24.2 Å². The Balaban J connectivity index is 1.77. The standard InChI is InChI=1S/C22H26N2O3/c1-16-10-11-20(27-2)19(14-16)23-21(25)17-8-7-9-18(15-17)22(26)24-12-5-3-4-6-13-24/h7-11,14-15H,3-6,12-13H2,1-2H3,(H,23,25). The van der Waals surface area contributed by atoms with E-state index in [1.54, 1.807) is 31.4 Å². The van der Waals surface area contributed by atoms with Gasteiger partial charge in [-0.3, -0.25) is 9.59 Å². The minimum absolute atomic E-state index is 0.000291. The Kier molecular flexibility index (Phi) is 6.12. The van der Waals surface area contributed by atoms with E-state index >= 15 is 0 Å². The number of methoxy groups -OCH3 is 1. The molecule has 0 spiro atoms. The van der Waals surface area contributed by atoms with Gasteiger partial charge in [0.2, 0.25) is 0 Å². The molecular formula is C22H26N2O3. The van der Waals surface area contributed by atoms with E-state index in [2.05, 4.69) is 5.32 Å². The van der Waals surface area contributed by atoms with E-state index in [4.69, 9.17) is 4.74 Å². The van der Waals surface area contributed by atoms with Crippen molar-refractivity contribution in [3.05, 3.63) is 59.2 Å². The van der Waals surface area contributed by atoms with Crippen LogP contribution in [0.25, 0.3) is 0 Å². The van der Waals surface area contributed by atoms with Crippen molar-refractivity contribution in [2.45, 2.75) is 32.6 Å². The lowest BCUT2D eigenvalue weighted by atomic mass is 10.1. The molecule has 1 N–H and O–H groups in total. The lowest BCUT2D eigenvalue weighted by Crippen LogP contribution is -2.32. The first-order valence-corrected chi connectivity index (χ1v) is 9.44. The maximum absolute atomic E-state index is 12.8. The molecule has 27 heavy (non-hydrogen) atoms. The summed E-state index contributed by atoms with van der Waals surface area (Å²) in [4.78, 5) is 27.4. The van der Waals surface area contributed by atoms with Crippen molar-refractivity contribution >= 4 is 17.5 Å². The van der Waals surface area contributed by atoms with Gasteiger partial charge in [0.1, 0.15) is 5.75 Å². The fraction of sp³-hybridized carbons (Fsp3) is 0.364. The Morgan fingerprint density at radius 2 is 1.67 bits per heavy atom. The van der Waals surface area contributed by atoms with Crippen LogP contribution in [0.15, 0.2) is 42.5 Å². The van der Waals surface area contributed by atoms with Gasteiger partial charge in [-0.25, -0.2) is 0 Å². The molecule has 1 saturated heterocycles. The molecule has 0 atom stereocenters. The van der Waals surface area contributed by atoms with Crippen molar-refractivity contribution in [1.82, 2.24) is 4.90 Å². The van der Waals surface area contributed by atoms with Crippen molar-refractivity contribution in [3.63, 3.8) is 0 Å². The van der Waals surface area contributed by atoms with E-state index in [1.165, 1.54) is 12.8 Å². The number of hydrogen-bond acceptors (Lipinski definition) is 3. The second kappa shape index (κ2) is 8.71. The van der Waals surface area contributed by atoms with E-state index in [0.29, 0.717) is 22.6 Å². The SMILES string of the molecule is COc1ccc(C)cc1NC(=O)c1cccc(C(=O)N2CCCCCC2)c1. The molecule has 2 aromatic rings. The molecule has 2 amide bonds. The third-order valence-corrected chi connectivity index (χ3v) is 4.87. The molecule has 3 rings (SSSR count). The molecule has 2 aromatic carbocycles. The number of carbonyl (C=O) groups is 2. The van der Waals surface area contributed by atoms with E-state index in [0.717, 1.165) is 31.5 Å². The molecule has 5 nitrogen and oxygen atoms in total.